The van der Waals surface area contributed by atoms with Crippen LogP contribution in [0, 0.1) is 0 Å². The maximum absolute atomic E-state index is 11.3. The minimum Gasteiger partial charge on any atom is -0.439 e. The van der Waals surface area contributed by atoms with Crippen molar-refractivity contribution in [1.29, 1.82) is 0 Å². The van der Waals surface area contributed by atoms with Gasteiger partial charge in [-0.25, -0.2) is 13.2 Å². The normalized spacial score (nSPS) is 23.6. The number of hydrogen-bond acceptors (Lipinski definition) is 5. The molecule has 6 nitrogen and oxygen atoms in total. The van der Waals surface area contributed by atoms with Crippen molar-refractivity contribution in [3.05, 3.63) is 29.8 Å². The summed E-state index contributed by atoms with van der Waals surface area (Å²) in [5.41, 5.74) is 0.639. The van der Waals surface area contributed by atoms with Crippen LogP contribution >= 0.6 is 0 Å². The first-order valence-electron chi connectivity index (χ1n) is 5.30. The third kappa shape index (κ3) is 2.46. The number of sulfone groups is 1. The lowest BCUT2D eigenvalue weighted by atomic mass is 10.0. The fourth-order valence-corrected chi connectivity index (χ4v) is 2.44. The lowest BCUT2D eigenvalue weighted by Gasteiger charge is -2.15. The van der Waals surface area contributed by atoms with Crippen LogP contribution in [0.4, 0.5) is 4.79 Å². The Morgan fingerprint density at radius 1 is 1.33 bits per heavy atom. The van der Waals surface area contributed by atoms with E-state index in [0.29, 0.717) is 5.56 Å². The van der Waals surface area contributed by atoms with Crippen LogP contribution in [0.3, 0.4) is 0 Å². The van der Waals surface area contributed by atoms with Gasteiger partial charge in [0, 0.05) is 6.26 Å². The lowest BCUT2D eigenvalue weighted by molar-refractivity contribution is 0.119. The molecular formula is C11H13NO5S. The van der Waals surface area contributed by atoms with Crippen molar-refractivity contribution in [2.24, 2.45) is 0 Å². The number of rotatable bonds is 3. The SMILES string of the molecule is CS(=O)(=O)c1ccc(C2OC(=O)NC2CO)cc1. The number of nitrogens with one attached hydrogen (secondary N) is 1. The number of carbonyl (C=O) groups excluding carboxylic acids is 1. The molecule has 2 N–H and O–H groups in total. The van der Waals surface area contributed by atoms with Crippen LogP contribution in [0.15, 0.2) is 29.2 Å². The highest BCUT2D eigenvalue weighted by Crippen LogP contribution is 2.26. The maximum atomic E-state index is 11.3. The third-order valence-electron chi connectivity index (χ3n) is 2.74. The second-order valence-electron chi connectivity index (χ2n) is 4.10. The first kappa shape index (κ1) is 12.8. The number of aliphatic hydroxyl groups excluding tert-OH is 1. The average Bonchev–Trinajstić information content (AvgIpc) is 2.69. The Morgan fingerprint density at radius 2 is 1.94 bits per heavy atom. The zero-order chi connectivity index (χ0) is 13.3. The molecule has 2 atom stereocenters. The zero-order valence-electron chi connectivity index (χ0n) is 9.66. The van der Waals surface area contributed by atoms with E-state index in [4.69, 9.17) is 9.84 Å². The fraction of sp³-hybridized carbons (Fsp3) is 0.364. The predicted molar refractivity (Wildman–Crippen MR) is 62.8 cm³/mol. The number of benzene rings is 1. The van der Waals surface area contributed by atoms with Crippen molar-refractivity contribution in [2.75, 3.05) is 12.9 Å². The summed E-state index contributed by atoms with van der Waals surface area (Å²) >= 11 is 0. The van der Waals surface area contributed by atoms with E-state index in [2.05, 4.69) is 5.32 Å². The minimum atomic E-state index is -3.25. The van der Waals surface area contributed by atoms with Gasteiger partial charge in [0.15, 0.2) is 15.9 Å². The Kier molecular flexibility index (Phi) is 3.27. The van der Waals surface area contributed by atoms with Crippen LogP contribution in [0.25, 0.3) is 0 Å². The molecule has 0 aliphatic carbocycles. The molecule has 1 aliphatic rings. The van der Waals surface area contributed by atoms with Crippen molar-refractivity contribution in [3.63, 3.8) is 0 Å². The number of hydrogen-bond donors (Lipinski definition) is 2. The fourth-order valence-electron chi connectivity index (χ4n) is 1.80. The highest BCUT2D eigenvalue weighted by molar-refractivity contribution is 7.90. The second-order valence-corrected chi connectivity index (χ2v) is 6.12. The number of ether oxygens (including phenoxy) is 1. The minimum absolute atomic E-state index is 0.198. The summed E-state index contributed by atoms with van der Waals surface area (Å²) in [5, 5.41) is 11.6. The quantitative estimate of drug-likeness (QED) is 0.821. The van der Waals surface area contributed by atoms with Crippen molar-refractivity contribution in [3.8, 4) is 0 Å². The van der Waals surface area contributed by atoms with Gasteiger partial charge in [0.25, 0.3) is 0 Å². The van der Waals surface area contributed by atoms with Crippen molar-refractivity contribution in [2.45, 2.75) is 17.0 Å². The Bertz CT molecular complexity index is 551. The molecule has 0 bridgehead atoms. The summed E-state index contributed by atoms with van der Waals surface area (Å²) in [6, 6.07) is 5.53. The first-order valence-corrected chi connectivity index (χ1v) is 7.19. The van der Waals surface area contributed by atoms with Crippen molar-refractivity contribution >= 4 is 15.9 Å². The molecule has 1 heterocycles. The van der Waals surface area contributed by atoms with Gasteiger partial charge in [-0.2, -0.15) is 0 Å². The molecule has 1 aromatic rings. The molecule has 1 aromatic carbocycles. The van der Waals surface area contributed by atoms with E-state index in [9.17, 15) is 13.2 Å². The van der Waals surface area contributed by atoms with Crippen LogP contribution in [0.2, 0.25) is 0 Å². The van der Waals surface area contributed by atoms with Gasteiger partial charge in [-0.3, -0.25) is 0 Å². The van der Waals surface area contributed by atoms with Crippen LogP contribution in [-0.2, 0) is 14.6 Å². The van der Waals surface area contributed by atoms with Crippen molar-refractivity contribution in [1.82, 2.24) is 5.32 Å². The maximum Gasteiger partial charge on any atom is 0.408 e. The summed E-state index contributed by atoms with van der Waals surface area (Å²) in [5.74, 6) is 0. The van der Waals surface area contributed by atoms with E-state index in [-0.39, 0.29) is 11.5 Å². The molecule has 1 amide bonds. The monoisotopic (exact) mass is 271 g/mol. The highest BCUT2D eigenvalue weighted by atomic mass is 32.2. The summed E-state index contributed by atoms with van der Waals surface area (Å²) in [4.78, 5) is 11.3. The van der Waals surface area contributed by atoms with Gasteiger partial charge >= 0.3 is 6.09 Å². The topological polar surface area (TPSA) is 92.7 Å². The summed E-state index contributed by atoms with van der Waals surface area (Å²) < 4.78 is 27.6. The Hall–Kier alpha value is -1.60. The molecule has 0 spiro atoms. The molecule has 18 heavy (non-hydrogen) atoms. The molecule has 1 saturated heterocycles. The first-order chi connectivity index (χ1) is 8.41. The average molecular weight is 271 g/mol. The third-order valence-corrected chi connectivity index (χ3v) is 3.86. The van der Waals surface area contributed by atoms with Gasteiger partial charge in [-0.1, -0.05) is 12.1 Å². The Balaban J connectivity index is 2.27. The molecule has 98 valence electrons. The second kappa shape index (κ2) is 4.58. The molecule has 0 radical (unpaired) electrons. The highest BCUT2D eigenvalue weighted by Gasteiger charge is 2.34. The number of carbonyl (C=O) groups is 1. The predicted octanol–water partition coefficient (Wildman–Crippen LogP) is 0.232. The molecule has 1 fully saturated rings. The van der Waals surface area contributed by atoms with Crippen LogP contribution < -0.4 is 5.32 Å². The van der Waals surface area contributed by atoms with E-state index >= 15 is 0 Å². The summed E-state index contributed by atoms with van der Waals surface area (Å²) in [7, 11) is -3.25. The molecule has 1 aliphatic heterocycles. The molecule has 2 rings (SSSR count). The molecular weight excluding hydrogens is 258 g/mol. The van der Waals surface area contributed by atoms with Gasteiger partial charge in [-0.05, 0) is 17.7 Å². The summed E-state index contributed by atoms with van der Waals surface area (Å²) in [6.45, 7) is -0.246. The molecule has 0 saturated carbocycles. The van der Waals surface area contributed by atoms with Gasteiger partial charge in [-0.15, -0.1) is 0 Å². The van der Waals surface area contributed by atoms with Crippen LogP contribution in [-0.4, -0.2) is 38.5 Å². The van der Waals surface area contributed by atoms with E-state index in [1.54, 1.807) is 12.1 Å². The standard InChI is InChI=1S/C11H13NO5S/c1-18(15,16)8-4-2-7(3-5-8)10-9(6-13)12-11(14)17-10/h2-5,9-10,13H,6H2,1H3,(H,12,14). The van der Waals surface area contributed by atoms with Gasteiger partial charge in [0.05, 0.1) is 17.5 Å². The molecule has 0 aromatic heterocycles. The molecule has 2 unspecified atom stereocenters. The van der Waals surface area contributed by atoms with Crippen LogP contribution in [0.1, 0.15) is 11.7 Å². The lowest BCUT2D eigenvalue weighted by Crippen LogP contribution is -2.31. The number of alkyl carbamates (subject to hydrolysis) is 1. The van der Waals surface area contributed by atoms with E-state index in [1.807, 2.05) is 0 Å². The largest absolute Gasteiger partial charge is 0.439 e. The van der Waals surface area contributed by atoms with E-state index < -0.39 is 28.1 Å². The Labute approximate surface area is 104 Å². The van der Waals surface area contributed by atoms with E-state index in [0.717, 1.165) is 6.26 Å². The number of amides is 1. The Morgan fingerprint density at radius 3 is 2.44 bits per heavy atom. The van der Waals surface area contributed by atoms with Gasteiger partial charge in [0.1, 0.15) is 0 Å². The number of cyclic esters (lactones) is 1. The number of aliphatic hydroxyl groups is 1. The van der Waals surface area contributed by atoms with Crippen LogP contribution in [0.5, 0.6) is 0 Å². The van der Waals surface area contributed by atoms with E-state index in [1.165, 1.54) is 12.1 Å². The zero-order valence-corrected chi connectivity index (χ0v) is 10.5. The van der Waals surface area contributed by atoms with Gasteiger partial charge < -0.3 is 15.2 Å². The summed E-state index contributed by atoms with van der Waals surface area (Å²) in [6.07, 6.45) is -0.0716. The van der Waals surface area contributed by atoms with Crippen molar-refractivity contribution < 1.29 is 23.1 Å². The molecule has 7 heteroatoms. The smallest absolute Gasteiger partial charge is 0.408 e. The van der Waals surface area contributed by atoms with Gasteiger partial charge in [0.2, 0.25) is 0 Å².